The first-order valence-electron chi connectivity index (χ1n) is 32.5. The van der Waals surface area contributed by atoms with E-state index in [0.717, 1.165) is 67.6 Å². The molecule has 98 heavy (non-hydrogen) atoms. The van der Waals surface area contributed by atoms with Crippen LogP contribution in [0.3, 0.4) is 0 Å². The summed E-state index contributed by atoms with van der Waals surface area (Å²) in [5.74, 6) is 2.88. The van der Waals surface area contributed by atoms with Gasteiger partial charge in [0.05, 0.1) is 33.4 Å². The molecule has 0 bridgehead atoms. The minimum Gasteiger partial charge on any atom is 2.00 e. The van der Waals surface area contributed by atoms with Gasteiger partial charge in [-0.3, -0.25) is 9.13 Å². The van der Waals surface area contributed by atoms with E-state index in [1.165, 1.54) is 162 Å². The molecule has 4 aliphatic rings. The Kier molecular flexibility index (Phi) is 17.1. The molecule has 0 saturated heterocycles. The Hall–Kier alpha value is -5.03. The third-order valence-electron chi connectivity index (χ3n) is 20.7. The van der Waals surface area contributed by atoms with E-state index in [-0.39, 0.29) is 42.7 Å². The predicted octanol–water partition coefficient (Wildman–Crippen LogP) is 21.1. The summed E-state index contributed by atoms with van der Waals surface area (Å²) in [4.78, 5) is 19.4. The van der Waals surface area contributed by atoms with Gasteiger partial charge in [0.15, 0.2) is 0 Å². The van der Waals surface area contributed by atoms with E-state index in [1.807, 2.05) is 61.2 Å². The Morgan fingerprint density at radius 3 is 0.939 bits per heavy atom. The average molecular weight is 1770 g/mol. The molecular weight excluding hydrogens is 1720 g/mol. The number of benzene rings is 8. The first-order chi connectivity index (χ1) is 46.7. The Morgan fingerprint density at radius 1 is 0.337 bits per heavy atom. The molecule has 20 rings (SSSR count). The number of halogens is 4. The van der Waals surface area contributed by atoms with Crippen LogP contribution < -0.4 is 9.47 Å². The normalized spacial score (nSPS) is 15.1. The van der Waals surface area contributed by atoms with E-state index < -0.39 is 11.9 Å². The van der Waals surface area contributed by atoms with E-state index >= 15 is 0 Å². The molecule has 0 atom stereocenters. The zero-order chi connectivity index (χ0) is 67.0. The zero-order valence-corrected chi connectivity index (χ0v) is 69.0. The Labute approximate surface area is 645 Å². The molecule has 8 aromatic carbocycles. The van der Waals surface area contributed by atoms with Crippen LogP contribution in [-0.4, -0.2) is 101 Å². The summed E-state index contributed by atoms with van der Waals surface area (Å²) in [6, 6.07) is 72.0. The SMILES string of the molecule is CC1(C)c2ccc(Oc3[c-]c4c(cc3)C(C)(C)c3cccc5c6cccnc6n-4c35)[c-]c2-n2c3ncccc3c3cccc1c32.CC1(C)c2ccc(Oc3ccc4c(c3)-n3c5ncccc5c5cccc(c53)C4(C)C)cc2-n2c3ncccc3c3cccc1c32.[Cl][Pt]([Cl])([Cl])[Cl].[K][K].[Pt+2]. The second kappa shape index (κ2) is 24.9. The predicted molar refractivity (Wildman–Crippen MR) is 396 cm³/mol. The van der Waals surface area contributed by atoms with Gasteiger partial charge in [-0.15, -0.1) is 35.4 Å². The first kappa shape index (κ1) is 67.5. The summed E-state index contributed by atoms with van der Waals surface area (Å²) in [6.07, 6.45) is 7.49. The molecule has 0 radical (unpaired) electrons. The summed E-state index contributed by atoms with van der Waals surface area (Å²) in [6.45, 7) is 18.4. The van der Waals surface area contributed by atoms with Crippen molar-refractivity contribution in [3.8, 4) is 45.7 Å². The molecule has 0 aliphatic carbocycles. The van der Waals surface area contributed by atoms with Crippen LogP contribution in [0.15, 0.2) is 207 Å². The maximum Gasteiger partial charge on any atom is 2.00 e. The van der Waals surface area contributed by atoms with Gasteiger partial charge in [-0.2, -0.15) is 12.1 Å². The van der Waals surface area contributed by atoms with E-state index in [1.54, 1.807) is 0 Å². The quantitative estimate of drug-likeness (QED) is 0.129. The van der Waals surface area contributed by atoms with Gasteiger partial charge in [-0.05, 0) is 105 Å². The van der Waals surface area contributed by atoms with Gasteiger partial charge in [-0.25, -0.2) is 19.9 Å². The maximum atomic E-state index is 6.72. The molecule has 10 nitrogen and oxygen atoms in total. The fourth-order valence-electron chi connectivity index (χ4n) is 16.3. The Bertz CT molecular complexity index is 5320. The zero-order valence-electron chi connectivity index (χ0n) is 55.2. The van der Waals surface area contributed by atoms with E-state index in [0.29, 0.717) is 11.5 Å². The monoisotopic (exact) mass is 1770 g/mol. The largest absolute Gasteiger partial charge is 2.00 e. The van der Waals surface area contributed by atoms with Crippen molar-refractivity contribution in [1.82, 2.24) is 38.2 Å². The van der Waals surface area contributed by atoms with Crippen LogP contribution in [0.1, 0.15) is 99.9 Å². The standard InChI is InChI=1S/C40H30N4O.C40H28N4O.4ClH.2K.2Pt/c2*1-39(2)29-17-15-23(21-33(29)43-35-25(9-5-13-31(35)39)27-11-7-19-41-37(27)43)45-24-16-18-30-34(22-24)44-36-26(28-12-8-20-42-38(28)44)10-6-14-32(36)40(30,3)4;;;;;;;;/h5-22H,1-4H3;5-20H,1-4H3;4*1H;;;;/q;-2;;;;;;;+2;+4/p-4. The van der Waals surface area contributed by atoms with Crippen LogP contribution in [-0.2, 0) is 54.6 Å². The second-order valence-electron chi connectivity index (χ2n) is 27.1. The van der Waals surface area contributed by atoms with Gasteiger partial charge in [0.2, 0.25) is 0 Å². The molecule has 0 fully saturated rings. The molecule has 480 valence electrons. The van der Waals surface area contributed by atoms with Crippen LogP contribution in [0.2, 0.25) is 0 Å². The van der Waals surface area contributed by atoms with Crippen LogP contribution in [0, 0.1) is 12.1 Å². The van der Waals surface area contributed by atoms with Crippen molar-refractivity contribution < 1.29 is 42.4 Å². The minimum absolute atomic E-state index is 0. The third-order valence-corrected chi connectivity index (χ3v) is 20.7. The van der Waals surface area contributed by atoms with Crippen LogP contribution in [0.25, 0.3) is 110 Å². The van der Waals surface area contributed by atoms with E-state index in [2.05, 4.69) is 231 Å². The molecular formula is C80H58Cl4K2N8O2Pt2. The van der Waals surface area contributed by atoms with Crippen molar-refractivity contribution in [2.24, 2.45) is 0 Å². The van der Waals surface area contributed by atoms with Gasteiger partial charge in [-0.1, -0.05) is 152 Å². The van der Waals surface area contributed by atoms with Crippen LogP contribution >= 0.6 is 37.7 Å². The maximum absolute atomic E-state index is 6.72. The van der Waals surface area contributed by atoms with Crippen molar-refractivity contribution in [3.63, 3.8) is 0 Å². The minimum atomic E-state index is -3.06. The molecule has 12 heterocycles. The third kappa shape index (κ3) is 10.3. The van der Waals surface area contributed by atoms with Gasteiger partial charge < -0.3 is 18.6 Å². The number of fused-ring (bicyclic) bond motifs is 20. The molecule has 0 amide bonds. The summed E-state index contributed by atoms with van der Waals surface area (Å²) in [5.41, 5.74) is 22.2. The summed E-state index contributed by atoms with van der Waals surface area (Å²) < 4.78 is 22.5. The van der Waals surface area contributed by atoms with Crippen molar-refractivity contribution in [2.75, 3.05) is 0 Å². The summed E-state index contributed by atoms with van der Waals surface area (Å²) in [7, 11) is 20.0. The second-order valence-corrected chi connectivity index (χ2v) is 46.8. The van der Waals surface area contributed by atoms with Crippen molar-refractivity contribution in [2.45, 2.75) is 77.0 Å². The van der Waals surface area contributed by atoms with Crippen molar-refractivity contribution in [1.29, 1.82) is 0 Å². The number of aromatic nitrogens is 8. The molecule has 0 saturated carbocycles. The Morgan fingerprint density at radius 2 is 0.612 bits per heavy atom. The smallest absolute Gasteiger partial charge is 2.00 e. The van der Waals surface area contributed by atoms with E-state index in [9.17, 15) is 0 Å². The molecule has 16 aromatic rings. The number of rotatable bonds is 4. The number of hydrogen-bond acceptors (Lipinski definition) is 6. The summed E-state index contributed by atoms with van der Waals surface area (Å²) >= 11 is -0.556. The molecule has 8 aromatic heterocycles. The van der Waals surface area contributed by atoms with Gasteiger partial charge >= 0.3 is 134 Å². The van der Waals surface area contributed by atoms with Gasteiger partial charge in [0.25, 0.3) is 0 Å². The number of hydrogen-bond donors (Lipinski definition) is 0. The number of para-hydroxylation sites is 4. The van der Waals surface area contributed by atoms with Crippen LogP contribution in [0.5, 0.6) is 23.0 Å². The summed E-state index contributed by atoms with van der Waals surface area (Å²) in [5, 5.41) is 9.50. The topological polar surface area (TPSA) is 89.7 Å². The molecule has 0 unspecified atom stereocenters. The fraction of sp³-hybridized carbons (Fsp3) is 0.150. The number of ether oxygens (including phenoxy) is 2. The molecule has 0 N–H and O–H groups in total. The Balaban J connectivity index is 0.000000139. The molecule has 0 spiro atoms. The van der Waals surface area contributed by atoms with Crippen LogP contribution in [0.4, 0.5) is 0 Å². The number of pyridine rings is 4. The average Bonchev–Trinajstić information content (AvgIpc) is 1.56. The van der Waals surface area contributed by atoms with E-state index in [4.69, 9.17) is 67.1 Å². The fourth-order valence-corrected chi connectivity index (χ4v) is 16.3. The molecule has 4 aliphatic heterocycles. The number of nitrogens with zero attached hydrogens (tertiary/aromatic N) is 8. The molecule has 18 heteroatoms. The first-order valence-corrected chi connectivity index (χ1v) is 59.8. The van der Waals surface area contributed by atoms with Crippen molar-refractivity contribution >= 4 is 189 Å². The van der Waals surface area contributed by atoms with Gasteiger partial charge in [0, 0.05) is 102 Å². The van der Waals surface area contributed by atoms with Crippen molar-refractivity contribution in [3.05, 3.63) is 263 Å². The van der Waals surface area contributed by atoms with Gasteiger partial charge in [0.1, 0.15) is 34.1 Å².